The minimum Gasteiger partial charge on any atom is -0.366 e. The highest BCUT2D eigenvalue weighted by atomic mass is 16.1. The van der Waals surface area contributed by atoms with Gasteiger partial charge in [0.1, 0.15) is 5.82 Å². The minimum absolute atomic E-state index is 0.131. The number of benzene rings is 1. The summed E-state index contributed by atoms with van der Waals surface area (Å²) >= 11 is 0. The molecule has 1 saturated carbocycles. The Kier molecular flexibility index (Phi) is 4.68. The molecule has 1 aromatic heterocycles. The summed E-state index contributed by atoms with van der Waals surface area (Å²) in [6.45, 7) is 1.93. The maximum atomic E-state index is 12.3. The zero-order valence-electron chi connectivity index (χ0n) is 14.6. The Morgan fingerprint density at radius 2 is 1.84 bits per heavy atom. The summed E-state index contributed by atoms with van der Waals surface area (Å²) < 4.78 is 0. The molecule has 1 N–H and O–H groups in total. The highest BCUT2D eigenvalue weighted by molar-refractivity contribution is 5.91. The van der Waals surface area contributed by atoms with E-state index < -0.39 is 0 Å². The van der Waals surface area contributed by atoms with Crippen molar-refractivity contribution >= 4 is 17.4 Å². The molecule has 0 spiro atoms. The van der Waals surface area contributed by atoms with Crippen LogP contribution < -0.4 is 10.2 Å². The zero-order valence-corrected chi connectivity index (χ0v) is 14.6. The van der Waals surface area contributed by atoms with Gasteiger partial charge in [-0.15, -0.1) is 0 Å². The minimum atomic E-state index is 0.131. The van der Waals surface area contributed by atoms with E-state index >= 15 is 0 Å². The first-order valence-corrected chi connectivity index (χ1v) is 9.38. The third kappa shape index (κ3) is 3.68. The predicted molar refractivity (Wildman–Crippen MR) is 101 cm³/mol. The number of carbonyl (C=O) groups excluding carboxylic acids is 1. The van der Waals surface area contributed by atoms with Crippen LogP contribution in [0, 0.1) is 5.92 Å². The summed E-state index contributed by atoms with van der Waals surface area (Å²) in [5.74, 6) is 0.956. The number of anilines is 2. The number of pyridine rings is 1. The van der Waals surface area contributed by atoms with Gasteiger partial charge in [0, 0.05) is 19.0 Å². The fraction of sp³-hybridized carbons (Fsp3) is 0.429. The topological polar surface area (TPSA) is 45.2 Å². The van der Waals surface area contributed by atoms with Crippen LogP contribution >= 0.6 is 0 Å². The number of amides is 1. The first-order chi connectivity index (χ1) is 12.3. The Balaban J connectivity index is 1.40. The van der Waals surface area contributed by atoms with Crippen LogP contribution in [0.4, 0.5) is 11.5 Å². The van der Waals surface area contributed by atoms with E-state index in [1.54, 1.807) is 0 Å². The van der Waals surface area contributed by atoms with Crippen LogP contribution in [0.15, 0.2) is 42.6 Å². The van der Waals surface area contributed by atoms with Gasteiger partial charge < -0.3 is 10.2 Å². The van der Waals surface area contributed by atoms with Gasteiger partial charge in [-0.25, -0.2) is 4.98 Å². The summed E-state index contributed by atoms with van der Waals surface area (Å²) in [4.78, 5) is 19.2. The van der Waals surface area contributed by atoms with E-state index in [1.165, 1.54) is 30.4 Å². The maximum Gasteiger partial charge on any atom is 0.228 e. The van der Waals surface area contributed by atoms with Crippen LogP contribution in [0.5, 0.6) is 0 Å². The lowest BCUT2D eigenvalue weighted by Gasteiger charge is -2.30. The van der Waals surface area contributed by atoms with Crippen LogP contribution in [0.25, 0.3) is 0 Å². The molecule has 25 heavy (non-hydrogen) atoms. The van der Waals surface area contributed by atoms with Crippen LogP contribution in [0.1, 0.15) is 43.2 Å². The molecule has 1 aliphatic carbocycles. The van der Waals surface area contributed by atoms with Gasteiger partial charge in [-0.2, -0.15) is 0 Å². The molecule has 130 valence electrons. The van der Waals surface area contributed by atoms with E-state index in [4.69, 9.17) is 0 Å². The molecule has 1 aromatic carbocycles. The lowest BCUT2D eigenvalue weighted by Crippen LogP contribution is -2.30. The molecule has 2 aliphatic rings. The lowest BCUT2D eigenvalue weighted by atomic mass is 9.89. The highest BCUT2D eigenvalue weighted by Crippen LogP contribution is 2.26. The molecular formula is C21H25N3O. The average Bonchev–Trinajstić information content (AvgIpc) is 2.69. The quantitative estimate of drug-likeness (QED) is 0.916. The average molecular weight is 335 g/mol. The molecular weight excluding hydrogens is 310 g/mol. The van der Waals surface area contributed by atoms with Crippen molar-refractivity contribution < 1.29 is 4.79 Å². The number of fused-ring (bicyclic) bond motifs is 1. The summed E-state index contributed by atoms with van der Waals surface area (Å²) in [6, 6.07) is 12.6. The molecule has 0 radical (unpaired) electrons. The van der Waals surface area contributed by atoms with Crippen LogP contribution in [0.2, 0.25) is 0 Å². The van der Waals surface area contributed by atoms with E-state index in [2.05, 4.69) is 45.5 Å². The number of rotatable bonds is 3. The van der Waals surface area contributed by atoms with E-state index in [-0.39, 0.29) is 11.8 Å². The zero-order chi connectivity index (χ0) is 17.1. The fourth-order valence-electron chi connectivity index (χ4n) is 3.96. The van der Waals surface area contributed by atoms with Crippen molar-refractivity contribution in [1.82, 2.24) is 4.98 Å². The number of hydrogen-bond acceptors (Lipinski definition) is 3. The van der Waals surface area contributed by atoms with Gasteiger partial charge >= 0.3 is 0 Å². The monoisotopic (exact) mass is 335 g/mol. The Hall–Kier alpha value is -2.36. The molecule has 0 unspecified atom stereocenters. The second kappa shape index (κ2) is 7.26. The summed E-state index contributed by atoms with van der Waals surface area (Å²) in [7, 11) is 0. The van der Waals surface area contributed by atoms with Gasteiger partial charge in [0.05, 0.1) is 11.9 Å². The summed E-state index contributed by atoms with van der Waals surface area (Å²) in [5.41, 5.74) is 3.96. The maximum absolute atomic E-state index is 12.3. The number of carbonyl (C=O) groups is 1. The van der Waals surface area contributed by atoms with Crippen LogP contribution in [-0.2, 0) is 17.8 Å². The SMILES string of the molecule is O=C(Nc1ccc(N2CCc3ccccc3C2)cn1)C1CCCCC1. The molecule has 0 atom stereocenters. The van der Waals surface area contributed by atoms with E-state index in [1.807, 2.05) is 12.3 Å². The molecule has 1 aliphatic heterocycles. The van der Waals surface area contributed by atoms with E-state index in [9.17, 15) is 4.79 Å². The van der Waals surface area contributed by atoms with Crippen molar-refractivity contribution in [3.05, 3.63) is 53.7 Å². The standard InChI is InChI=1S/C21H25N3O/c25-21(17-7-2-1-3-8-17)23-20-11-10-19(14-22-20)24-13-12-16-6-4-5-9-18(16)15-24/h4-6,9-11,14,17H,1-3,7-8,12-13,15H2,(H,22,23,25). The van der Waals surface area contributed by atoms with Gasteiger partial charge in [-0.1, -0.05) is 43.5 Å². The smallest absolute Gasteiger partial charge is 0.228 e. The van der Waals surface area contributed by atoms with E-state index in [0.29, 0.717) is 5.82 Å². The highest BCUT2D eigenvalue weighted by Gasteiger charge is 2.21. The number of aromatic nitrogens is 1. The van der Waals surface area contributed by atoms with Crippen molar-refractivity contribution in [2.45, 2.75) is 45.1 Å². The van der Waals surface area contributed by atoms with Gasteiger partial charge in [-0.05, 0) is 42.5 Å². The fourth-order valence-corrected chi connectivity index (χ4v) is 3.96. The Labute approximate surface area is 149 Å². The van der Waals surface area contributed by atoms with Crippen LogP contribution in [-0.4, -0.2) is 17.4 Å². The van der Waals surface area contributed by atoms with Crippen molar-refractivity contribution in [3.8, 4) is 0 Å². The first-order valence-electron chi connectivity index (χ1n) is 9.38. The van der Waals surface area contributed by atoms with Gasteiger partial charge in [0.15, 0.2) is 0 Å². The van der Waals surface area contributed by atoms with Crippen molar-refractivity contribution in [1.29, 1.82) is 0 Å². The Morgan fingerprint density at radius 1 is 1.04 bits per heavy atom. The lowest BCUT2D eigenvalue weighted by molar-refractivity contribution is -0.120. The summed E-state index contributed by atoms with van der Waals surface area (Å²) in [5, 5.41) is 2.99. The van der Waals surface area contributed by atoms with Crippen molar-refractivity contribution in [2.24, 2.45) is 5.92 Å². The second-order valence-corrected chi connectivity index (χ2v) is 7.17. The summed E-state index contributed by atoms with van der Waals surface area (Å²) in [6.07, 6.45) is 8.56. The van der Waals surface area contributed by atoms with Gasteiger partial charge in [-0.3, -0.25) is 4.79 Å². The number of nitrogens with one attached hydrogen (secondary N) is 1. The number of nitrogens with zero attached hydrogens (tertiary/aromatic N) is 2. The van der Waals surface area contributed by atoms with E-state index in [0.717, 1.165) is 38.0 Å². The Bertz CT molecular complexity index is 735. The third-order valence-corrected chi connectivity index (χ3v) is 5.47. The predicted octanol–water partition coefficient (Wildman–Crippen LogP) is 4.16. The third-order valence-electron chi connectivity index (χ3n) is 5.47. The molecule has 4 heteroatoms. The molecule has 4 rings (SSSR count). The largest absolute Gasteiger partial charge is 0.366 e. The number of hydrogen-bond donors (Lipinski definition) is 1. The molecule has 1 amide bonds. The van der Waals surface area contributed by atoms with Gasteiger partial charge in [0.2, 0.25) is 5.91 Å². The molecule has 2 heterocycles. The molecule has 1 fully saturated rings. The normalized spacial score (nSPS) is 17.8. The van der Waals surface area contributed by atoms with Crippen molar-refractivity contribution in [2.75, 3.05) is 16.8 Å². The Morgan fingerprint density at radius 3 is 2.60 bits per heavy atom. The molecule has 4 nitrogen and oxygen atoms in total. The van der Waals surface area contributed by atoms with Crippen molar-refractivity contribution in [3.63, 3.8) is 0 Å². The first kappa shape index (κ1) is 16.1. The van der Waals surface area contributed by atoms with Crippen LogP contribution in [0.3, 0.4) is 0 Å². The van der Waals surface area contributed by atoms with Gasteiger partial charge in [0.25, 0.3) is 0 Å². The molecule has 2 aromatic rings. The molecule has 0 saturated heterocycles. The second-order valence-electron chi connectivity index (χ2n) is 7.17. The molecule has 0 bridgehead atoms.